The molecule has 6 nitrogen and oxygen atoms in total. The van der Waals surface area contributed by atoms with Crippen molar-refractivity contribution in [3.8, 4) is 5.75 Å². The van der Waals surface area contributed by atoms with Crippen molar-refractivity contribution in [2.75, 3.05) is 18.5 Å². The molecule has 1 aromatic rings. The minimum atomic E-state index is -3.53. The smallest absolute Gasteiger partial charge is 0.262 e. The average Bonchev–Trinajstić information content (AvgIpc) is 2.54. The lowest BCUT2D eigenvalue weighted by atomic mass is 10.0. The number of nitrogens with one attached hydrogen (secondary N) is 1. The molecule has 1 unspecified atom stereocenters. The Hall–Kier alpha value is -1.60. The molecular weight excluding hydrogens is 304 g/mol. The standard InChI is InChI=1S/C15H20N2O4S/c1-2-11-5-3-4-8-17(11)22(19,20)12-6-7-13-14(9-12)21-10-15(18)16-13/h6-7,9,11H,2-5,8,10H2,1H3,(H,16,18). The zero-order valence-electron chi connectivity index (χ0n) is 12.5. The first-order valence-corrected chi connectivity index (χ1v) is 9.05. The first-order chi connectivity index (χ1) is 10.5. The van der Waals surface area contributed by atoms with Crippen LogP contribution in [0, 0.1) is 0 Å². The van der Waals surface area contributed by atoms with Gasteiger partial charge in [0, 0.05) is 18.7 Å². The maximum atomic E-state index is 12.9. The fraction of sp³-hybridized carbons (Fsp3) is 0.533. The van der Waals surface area contributed by atoms with Crippen molar-refractivity contribution in [1.29, 1.82) is 0 Å². The first kappa shape index (κ1) is 15.3. The van der Waals surface area contributed by atoms with E-state index < -0.39 is 10.0 Å². The summed E-state index contributed by atoms with van der Waals surface area (Å²) in [6, 6.07) is 4.69. The Morgan fingerprint density at radius 1 is 1.36 bits per heavy atom. The molecule has 2 heterocycles. The number of amides is 1. The topological polar surface area (TPSA) is 75.7 Å². The lowest BCUT2D eigenvalue weighted by Crippen LogP contribution is -2.43. The van der Waals surface area contributed by atoms with Crippen LogP contribution in [0.25, 0.3) is 0 Å². The van der Waals surface area contributed by atoms with E-state index in [0.29, 0.717) is 18.0 Å². The number of nitrogens with zero attached hydrogens (tertiary/aromatic N) is 1. The highest BCUT2D eigenvalue weighted by atomic mass is 32.2. The molecule has 1 saturated heterocycles. The molecule has 1 amide bonds. The van der Waals surface area contributed by atoms with Crippen LogP contribution in [0.15, 0.2) is 23.1 Å². The molecule has 2 aliphatic rings. The Labute approximate surface area is 130 Å². The molecule has 0 radical (unpaired) electrons. The molecular formula is C15H20N2O4S. The maximum Gasteiger partial charge on any atom is 0.262 e. The maximum absolute atomic E-state index is 12.9. The zero-order chi connectivity index (χ0) is 15.7. The summed E-state index contributed by atoms with van der Waals surface area (Å²) in [4.78, 5) is 11.5. The molecule has 0 spiro atoms. The highest BCUT2D eigenvalue weighted by Crippen LogP contribution is 2.33. The number of anilines is 1. The van der Waals surface area contributed by atoms with E-state index in [2.05, 4.69) is 5.32 Å². The van der Waals surface area contributed by atoms with Gasteiger partial charge in [0.05, 0.1) is 10.6 Å². The monoisotopic (exact) mass is 324 g/mol. The highest BCUT2D eigenvalue weighted by molar-refractivity contribution is 7.89. The molecule has 1 fully saturated rings. The molecule has 0 aromatic heterocycles. The largest absolute Gasteiger partial charge is 0.482 e. The summed E-state index contributed by atoms with van der Waals surface area (Å²) >= 11 is 0. The summed E-state index contributed by atoms with van der Waals surface area (Å²) in [5.74, 6) is 0.177. The SMILES string of the molecule is CCC1CCCCN1S(=O)(=O)c1ccc2c(c1)OCC(=O)N2. The number of hydrogen-bond donors (Lipinski definition) is 1. The van der Waals surface area contributed by atoms with E-state index in [4.69, 9.17) is 4.74 Å². The highest BCUT2D eigenvalue weighted by Gasteiger charge is 2.33. The molecule has 7 heteroatoms. The van der Waals surface area contributed by atoms with Crippen molar-refractivity contribution < 1.29 is 17.9 Å². The van der Waals surface area contributed by atoms with E-state index in [9.17, 15) is 13.2 Å². The molecule has 1 atom stereocenters. The van der Waals surface area contributed by atoms with Gasteiger partial charge in [-0.1, -0.05) is 13.3 Å². The fourth-order valence-corrected chi connectivity index (χ4v) is 4.83. The lowest BCUT2D eigenvalue weighted by Gasteiger charge is -2.34. The average molecular weight is 324 g/mol. The third-order valence-corrected chi connectivity index (χ3v) is 6.18. The Morgan fingerprint density at radius 2 is 2.18 bits per heavy atom. The number of fused-ring (bicyclic) bond motifs is 1. The van der Waals surface area contributed by atoms with Crippen LogP contribution in [-0.2, 0) is 14.8 Å². The summed E-state index contributed by atoms with van der Waals surface area (Å²) in [6.45, 7) is 2.50. The van der Waals surface area contributed by atoms with Crippen molar-refractivity contribution in [3.05, 3.63) is 18.2 Å². The Kier molecular flexibility index (Phi) is 4.10. The Bertz CT molecular complexity index is 687. The van der Waals surface area contributed by atoms with Crippen LogP contribution >= 0.6 is 0 Å². The Morgan fingerprint density at radius 3 is 2.95 bits per heavy atom. The van der Waals surface area contributed by atoms with Gasteiger partial charge in [0.2, 0.25) is 10.0 Å². The van der Waals surface area contributed by atoms with E-state index in [-0.39, 0.29) is 23.5 Å². The van der Waals surface area contributed by atoms with E-state index in [1.54, 1.807) is 10.4 Å². The third kappa shape index (κ3) is 2.70. The van der Waals surface area contributed by atoms with Crippen molar-refractivity contribution in [2.45, 2.75) is 43.5 Å². The predicted octanol–water partition coefficient (Wildman–Crippen LogP) is 1.97. The fourth-order valence-electron chi connectivity index (χ4n) is 3.05. The lowest BCUT2D eigenvalue weighted by molar-refractivity contribution is -0.118. The Balaban J connectivity index is 1.93. The van der Waals surface area contributed by atoms with Crippen LogP contribution in [0.3, 0.4) is 0 Å². The van der Waals surface area contributed by atoms with Crippen molar-refractivity contribution >= 4 is 21.6 Å². The summed E-state index contributed by atoms with van der Waals surface area (Å²) in [6.07, 6.45) is 3.70. The molecule has 120 valence electrons. The summed E-state index contributed by atoms with van der Waals surface area (Å²) in [7, 11) is -3.53. The van der Waals surface area contributed by atoms with Crippen molar-refractivity contribution in [2.24, 2.45) is 0 Å². The molecule has 0 bridgehead atoms. The van der Waals surface area contributed by atoms with Crippen LogP contribution in [0.4, 0.5) is 5.69 Å². The number of sulfonamides is 1. The van der Waals surface area contributed by atoms with Gasteiger partial charge >= 0.3 is 0 Å². The van der Waals surface area contributed by atoms with Gasteiger partial charge in [-0.2, -0.15) is 4.31 Å². The van der Waals surface area contributed by atoms with Crippen LogP contribution in [0.2, 0.25) is 0 Å². The normalized spacial score (nSPS) is 22.6. The summed E-state index contributed by atoms with van der Waals surface area (Å²) < 4.78 is 32.7. The number of hydrogen-bond acceptors (Lipinski definition) is 4. The predicted molar refractivity (Wildman–Crippen MR) is 82.4 cm³/mol. The van der Waals surface area contributed by atoms with Crippen LogP contribution in [-0.4, -0.2) is 37.8 Å². The van der Waals surface area contributed by atoms with E-state index in [1.807, 2.05) is 6.92 Å². The molecule has 1 N–H and O–H groups in total. The minimum absolute atomic E-state index is 0.0652. The van der Waals surface area contributed by atoms with Crippen molar-refractivity contribution in [3.63, 3.8) is 0 Å². The molecule has 0 aliphatic carbocycles. The number of rotatable bonds is 3. The second-order valence-corrected chi connectivity index (χ2v) is 7.56. The minimum Gasteiger partial charge on any atom is -0.482 e. The zero-order valence-corrected chi connectivity index (χ0v) is 13.4. The second kappa shape index (κ2) is 5.89. The summed E-state index contributed by atoms with van der Waals surface area (Å²) in [5.41, 5.74) is 0.515. The molecule has 22 heavy (non-hydrogen) atoms. The number of piperidine rings is 1. The third-order valence-electron chi connectivity index (χ3n) is 4.24. The molecule has 0 saturated carbocycles. The van der Waals surface area contributed by atoms with Gasteiger partial charge in [0.15, 0.2) is 6.61 Å². The van der Waals surface area contributed by atoms with Crippen LogP contribution in [0.1, 0.15) is 32.6 Å². The van der Waals surface area contributed by atoms with Gasteiger partial charge < -0.3 is 10.1 Å². The van der Waals surface area contributed by atoms with Gasteiger partial charge in [-0.05, 0) is 31.4 Å². The number of benzene rings is 1. The molecule has 2 aliphatic heterocycles. The summed E-state index contributed by atoms with van der Waals surface area (Å²) in [5, 5.41) is 2.67. The van der Waals surface area contributed by atoms with Gasteiger partial charge in [-0.25, -0.2) is 8.42 Å². The van der Waals surface area contributed by atoms with E-state index in [1.165, 1.54) is 12.1 Å². The first-order valence-electron chi connectivity index (χ1n) is 7.61. The number of ether oxygens (including phenoxy) is 1. The second-order valence-electron chi connectivity index (χ2n) is 5.67. The number of carbonyl (C=O) groups is 1. The van der Waals surface area contributed by atoms with Crippen LogP contribution in [0.5, 0.6) is 5.75 Å². The molecule has 3 rings (SSSR count). The number of carbonyl (C=O) groups excluding carboxylic acids is 1. The van der Waals surface area contributed by atoms with Gasteiger partial charge in [0.25, 0.3) is 5.91 Å². The molecule has 1 aromatic carbocycles. The van der Waals surface area contributed by atoms with Gasteiger partial charge in [-0.15, -0.1) is 0 Å². The van der Waals surface area contributed by atoms with Crippen molar-refractivity contribution in [1.82, 2.24) is 4.31 Å². The van der Waals surface area contributed by atoms with Gasteiger partial charge in [-0.3, -0.25) is 4.79 Å². The quantitative estimate of drug-likeness (QED) is 0.922. The van der Waals surface area contributed by atoms with E-state index >= 15 is 0 Å². The van der Waals surface area contributed by atoms with Crippen LogP contribution < -0.4 is 10.1 Å². The van der Waals surface area contributed by atoms with E-state index in [0.717, 1.165) is 25.7 Å². The van der Waals surface area contributed by atoms with Gasteiger partial charge in [0.1, 0.15) is 5.75 Å².